The summed E-state index contributed by atoms with van der Waals surface area (Å²) in [4.78, 5) is 0.188. The van der Waals surface area contributed by atoms with E-state index in [1.807, 2.05) is 0 Å². The third kappa shape index (κ3) is 4.58. The maximum absolute atomic E-state index is 12.9. The number of halogens is 1. The highest BCUT2D eigenvalue weighted by Gasteiger charge is 2.13. The highest BCUT2D eigenvalue weighted by atomic mass is 32.2. The first-order chi connectivity index (χ1) is 12.0. The summed E-state index contributed by atoms with van der Waals surface area (Å²) in [6.07, 6.45) is 0. The molecule has 128 valence electrons. The van der Waals surface area contributed by atoms with Gasteiger partial charge in [-0.25, -0.2) is 12.8 Å². The molecule has 0 aliphatic carbocycles. The molecule has 0 saturated heterocycles. The van der Waals surface area contributed by atoms with Crippen molar-refractivity contribution in [2.24, 2.45) is 0 Å². The number of rotatable bonds is 6. The van der Waals surface area contributed by atoms with E-state index in [1.165, 1.54) is 24.3 Å². The molecular formula is C19H16FNO3S. The smallest absolute Gasteiger partial charge is 0.261 e. The number of anilines is 1. The summed E-state index contributed by atoms with van der Waals surface area (Å²) in [6.45, 7) is 0.259. The average Bonchev–Trinajstić information content (AvgIpc) is 2.62. The molecule has 0 bridgehead atoms. The van der Waals surface area contributed by atoms with E-state index in [0.29, 0.717) is 11.4 Å². The van der Waals surface area contributed by atoms with Gasteiger partial charge in [0.05, 0.1) is 10.6 Å². The van der Waals surface area contributed by atoms with Crippen LogP contribution in [0.1, 0.15) is 5.56 Å². The number of benzene rings is 3. The van der Waals surface area contributed by atoms with E-state index in [1.54, 1.807) is 54.6 Å². The molecule has 1 N–H and O–H groups in total. The average molecular weight is 357 g/mol. The summed E-state index contributed by atoms with van der Waals surface area (Å²) in [5.74, 6) is 0.207. The Balaban J connectivity index is 1.70. The van der Waals surface area contributed by atoms with Crippen LogP contribution in [0.3, 0.4) is 0 Å². The number of ether oxygens (including phenoxy) is 1. The minimum Gasteiger partial charge on any atom is -0.489 e. The molecule has 0 spiro atoms. The molecule has 0 fully saturated rings. The maximum atomic E-state index is 12.9. The van der Waals surface area contributed by atoms with Gasteiger partial charge in [-0.1, -0.05) is 36.4 Å². The second kappa shape index (κ2) is 7.36. The molecule has 0 aromatic heterocycles. The van der Waals surface area contributed by atoms with Crippen LogP contribution in [-0.4, -0.2) is 8.42 Å². The Morgan fingerprint density at radius 3 is 2.32 bits per heavy atom. The van der Waals surface area contributed by atoms with Crippen LogP contribution in [-0.2, 0) is 16.6 Å². The molecule has 0 heterocycles. The SMILES string of the molecule is O=S(=O)(Nc1cccc(OCc2ccc(F)cc2)c1)c1ccccc1. The Bertz CT molecular complexity index is 942. The van der Waals surface area contributed by atoms with Crippen molar-refractivity contribution in [3.8, 4) is 5.75 Å². The van der Waals surface area contributed by atoms with Gasteiger partial charge in [-0.15, -0.1) is 0 Å². The molecule has 0 saturated carbocycles. The Labute approximate surface area is 146 Å². The summed E-state index contributed by atoms with van der Waals surface area (Å²) in [5, 5.41) is 0. The van der Waals surface area contributed by atoms with E-state index in [2.05, 4.69) is 4.72 Å². The minimum absolute atomic E-state index is 0.188. The quantitative estimate of drug-likeness (QED) is 0.719. The topological polar surface area (TPSA) is 55.4 Å². The number of hydrogen-bond acceptors (Lipinski definition) is 3. The summed E-state index contributed by atoms with van der Waals surface area (Å²) in [6, 6.07) is 20.8. The van der Waals surface area contributed by atoms with Crippen molar-refractivity contribution in [2.75, 3.05) is 4.72 Å². The van der Waals surface area contributed by atoms with Crippen molar-refractivity contribution in [3.63, 3.8) is 0 Å². The maximum Gasteiger partial charge on any atom is 0.261 e. The molecule has 0 amide bonds. The van der Waals surface area contributed by atoms with Crippen molar-refractivity contribution < 1.29 is 17.5 Å². The number of hydrogen-bond donors (Lipinski definition) is 1. The third-order valence-electron chi connectivity index (χ3n) is 3.46. The van der Waals surface area contributed by atoms with Crippen LogP contribution < -0.4 is 9.46 Å². The molecule has 0 atom stereocenters. The van der Waals surface area contributed by atoms with E-state index >= 15 is 0 Å². The first kappa shape index (κ1) is 17.0. The van der Waals surface area contributed by atoms with Gasteiger partial charge < -0.3 is 4.74 Å². The molecule has 25 heavy (non-hydrogen) atoms. The molecule has 3 aromatic rings. The summed E-state index contributed by atoms with van der Waals surface area (Å²) < 4.78 is 45.7. The van der Waals surface area contributed by atoms with Crippen molar-refractivity contribution in [1.82, 2.24) is 0 Å². The van der Waals surface area contributed by atoms with Gasteiger partial charge in [0.2, 0.25) is 0 Å². The molecule has 3 aromatic carbocycles. The summed E-state index contributed by atoms with van der Waals surface area (Å²) >= 11 is 0. The summed E-state index contributed by atoms with van der Waals surface area (Å²) in [5.41, 5.74) is 1.22. The fourth-order valence-corrected chi connectivity index (χ4v) is 3.28. The molecule has 0 unspecified atom stereocenters. The lowest BCUT2D eigenvalue weighted by atomic mass is 10.2. The van der Waals surface area contributed by atoms with Crippen molar-refractivity contribution in [1.29, 1.82) is 0 Å². The van der Waals surface area contributed by atoms with Crippen LogP contribution in [0.5, 0.6) is 5.75 Å². The lowest BCUT2D eigenvalue weighted by Crippen LogP contribution is -2.12. The largest absolute Gasteiger partial charge is 0.489 e. The van der Waals surface area contributed by atoms with Crippen LogP contribution in [0.25, 0.3) is 0 Å². The fraction of sp³-hybridized carbons (Fsp3) is 0.0526. The van der Waals surface area contributed by atoms with Gasteiger partial charge in [-0.05, 0) is 42.0 Å². The van der Waals surface area contributed by atoms with Crippen LogP contribution in [0.4, 0.5) is 10.1 Å². The van der Waals surface area contributed by atoms with Gasteiger partial charge in [0.25, 0.3) is 10.0 Å². The normalized spacial score (nSPS) is 11.1. The van der Waals surface area contributed by atoms with Crippen molar-refractivity contribution in [2.45, 2.75) is 11.5 Å². The second-order valence-electron chi connectivity index (χ2n) is 5.36. The van der Waals surface area contributed by atoms with E-state index in [9.17, 15) is 12.8 Å². The minimum atomic E-state index is -3.65. The van der Waals surface area contributed by atoms with E-state index in [4.69, 9.17) is 4.74 Å². The zero-order valence-corrected chi connectivity index (χ0v) is 14.0. The first-order valence-corrected chi connectivity index (χ1v) is 9.06. The van der Waals surface area contributed by atoms with Gasteiger partial charge in [-0.2, -0.15) is 0 Å². The van der Waals surface area contributed by atoms with Gasteiger partial charge in [0.1, 0.15) is 18.2 Å². The lowest BCUT2D eigenvalue weighted by molar-refractivity contribution is 0.306. The van der Waals surface area contributed by atoms with Crippen molar-refractivity contribution >= 4 is 15.7 Å². The zero-order chi connectivity index (χ0) is 17.7. The Morgan fingerprint density at radius 2 is 1.60 bits per heavy atom. The van der Waals surface area contributed by atoms with Crippen LogP contribution in [0.15, 0.2) is 83.8 Å². The first-order valence-electron chi connectivity index (χ1n) is 7.58. The number of nitrogens with one attached hydrogen (secondary N) is 1. The van der Waals surface area contributed by atoms with Crippen molar-refractivity contribution in [3.05, 3.63) is 90.2 Å². The highest BCUT2D eigenvalue weighted by molar-refractivity contribution is 7.92. The lowest BCUT2D eigenvalue weighted by Gasteiger charge is -2.11. The van der Waals surface area contributed by atoms with Crippen LogP contribution in [0, 0.1) is 5.82 Å². The van der Waals surface area contributed by atoms with Crippen LogP contribution >= 0.6 is 0 Å². The molecule has 4 nitrogen and oxygen atoms in total. The molecule has 0 radical (unpaired) electrons. The van der Waals surface area contributed by atoms with E-state index in [0.717, 1.165) is 5.56 Å². The Morgan fingerprint density at radius 1 is 0.880 bits per heavy atom. The highest BCUT2D eigenvalue weighted by Crippen LogP contribution is 2.21. The van der Waals surface area contributed by atoms with E-state index in [-0.39, 0.29) is 17.3 Å². The predicted molar refractivity (Wildman–Crippen MR) is 94.4 cm³/mol. The molecule has 0 aliphatic rings. The Kier molecular flexibility index (Phi) is 5.00. The van der Waals surface area contributed by atoms with E-state index < -0.39 is 10.0 Å². The molecule has 3 rings (SSSR count). The standard InChI is InChI=1S/C19H16FNO3S/c20-16-11-9-15(10-12-16)14-24-18-6-4-5-17(13-18)21-25(22,23)19-7-2-1-3-8-19/h1-13,21H,14H2. The molecule has 0 aliphatic heterocycles. The van der Waals surface area contributed by atoms with Gasteiger partial charge in [-0.3, -0.25) is 4.72 Å². The van der Waals surface area contributed by atoms with Crippen LogP contribution in [0.2, 0.25) is 0 Å². The fourth-order valence-electron chi connectivity index (χ4n) is 2.21. The second-order valence-corrected chi connectivity index (χ2v) is 7.04. The zero-order valence-electron chi connectivity index (χ0n) is 13.2. The van der Waals surface area contributed by atoms with Gasteiger partial charge >= 0.3 is 0 Å². The molecule has 6 heteroatoms. The predicted octanol–water partition coefficient (Wildman–Crippen LogP) is 4.21. The third-order valence-corrected chi connectivity index (χ3v) is 4.86. The monoisotopic (exact) mass is 357 g/mol. The van der Waals surface area contributed by atoms with Gasteiger partial charge in [0, 0.05) is 6.07 Å². The summed E-state index contributed by atoms with van der Waals surface area (Å²) in [7, 11) is -3.65. The number of sulfonamides is 1. The Hall–Kier alpha value is -2.86. The molecular weight excluding hydrogens is 341 g/mol. The van der Waals surface area contributed by atoms with Gasteiger partial charge in [0.15, 0.2) is 0 Å².